The topological polar surface area (TPSA) is 20.3 Å². The molecular weight excluding hydrogens is 241 g/mol. The maximum atomic E-state index is 14.0. The van der Waals surface area contributed by atoms with Crippen LogP contribution in [0.2, 0.25) is 0 Å². The zero-order chi connectivity index (χ0) is 13.7. The van der Waals surface area contributed by atoms with Crippen LogP contribution in [0.5, 0.6) is 0 Å². The summed E-state index contributed by atoms with van der Waals surface area (Å²) in [6, 6.07) is 6.13. The van der Waals surface area contributed by atoms with Crippen molar-refractivity contribution in [2.75, 3.05) is 13.1 Å². The van der Waals surface area contributed by atoms with Gasteiger partial charge in [-0.2, -0.15) is 0 Å². The van der Waals surface area contributed by atoms with Gasteiger partial charge in [0.1, 0.15) is 5.82 Å². The molecule has 1 fully saturated rings. The highest BCUT2D eigenvalue weighted by Crippen LogP contribution is 2.28. The lowest BCUT2D eigenvalue weighted by atomic mass is 9.96. The van der Waals surface area contributed by atoms with Crippen LogP contribution in [0, 0.1) is 5.82 Å². The molecule has 0 saturated carbocycles. The Morgan fingerprint density at radius 1 is 1.32 bits per heavy atom. The number of piperidine rings is 1. The Morgan fingerprint density at radius 3 is 2.63 bits per heavy atom. The van der Waals surface area contributed by atoms with Gasteiger partial charge in [0, 0.05) is 12.0 Å². The molecule has 1 heterocycles. The second kappa shape index (κ2) is 6.62. The van der Waals surface area contributed by atoms with Gasteiger partial charge in [-0.3, -0.25) is 9.69 Å². The van der Waals surface area contributed by atoms with Crippen molar-refractivity contribution in [3.63, 3.8) is 0 Å². The minimum atomic E-state index is -0.459. The van der Waals surface area contributed by atoms with Gasteiger partial charge in [-0.25, -0.2) is 4.39 Å². The van der Waals surface area contributed by atoms with Crippen molar-refractivity contribution in [2.24, 2.45) is 0 Å². The molecule has 1 unspecified atom stereocenters. The molecule has 0 aromatic heterocycles. The van der Waals surface area contributed by atoms with Crippen LogP contribution in [-0.2, 0) is 4.79 Å². The van der Waals surface area contributed by atoms with Crippen LogP contribution >= 0.6 is 0 Å². The fraction of sp³-hybridized carbons (Fsp3) is 0.438. The maximum Gasteiger partial charge on any atom is 0.158 e. The Balaban J connectivity index is 2.30. The number of benzene rings is 1. The summed E-state index contributed by atoms with van der Waals surface area (Å²) < 4.78 is 14.0. The normalized spacial score (nSPS) is 17.9. The van der Waals surface area contributed by atoms with Gasteiger partial charge in [0.05, 0.1) is 6.04 Å². The highest BCUT2D eigenvalue weighted by molar-refractivity contribution is 5.86. The zero-order valence-electron chi connectivity index (χ0n) is 11.1. The third-order valence-corrected chi connectivity index (χ3v) is 3.61. The predicted octanol–water partition coefficient (Wildman–Crippen LogP) is 3.50. The first kappa shape index (κ1) is 13.9. The summed E-state index contributed by atoms with van der Waals surface area (Å²) in [5.74, 6) is -0.266. The summed E-state index contributed by atoms with van der Waals surface area (Å²) in [7, 11) is 0. The maximum absolute atomic E-state index is 14.0. The number of likely N-dealkylation sites (tertiary alicyclic amines) is 1. The van der Waals surface area contributed by atoms with E-state index in [-0.39, 0.29) is 18.0 Å². The molecule has 0 radical (unpaired) electrons. The van der Waals surface area contributed by atoms with E-state index in [2.05, 4.69) is 11.5 Å². The fourth-order valence-electron chi connectivity index (χ4n) is 2.70. The van der Waals surface area contributed by atoms with Gasteiger partial charge in [-0.15, -0.1) is 6.58 Å². The largest absolute Gasteiger partial charge is 0.297 e. The number of hydrogen-bond donors (Lipinski definition) is 0. The van der Waals surface area contributed by atoms with Gasteiger partial charge in [0.15, 0.2) is 5.78 Å². The molecule has 0 N–H and O–H groups in total. The van der Waals surface area contributed by atoms with Gasteiger partial charge < -0.3 is 0 Å². The van der Waals surface area contributed by atoms with E-state index in [4.69, 9.17) is 0 Å². The Labute approximate surface area is 113 Å². The first-order valence-electron chi connectivity index (χ1n) is 6.86. The number of halogens is 1. The lowest BCUT2D eigenvalue weighted by molar-refractivity contribution is -0.124. The van der Waals surface area contributed by atoms with Gasteiger partial charge in [0.25, 0.3) is 0 Å². The highest BCUT2D eigenvalue weighted by Gasteiger charge is 2.29. The molecule has 1 aliphatic heterocycles. The van der Waals surface area contributed by atoms with Crippen LogP contribution in [0.4, 0.5) is 4.39 Å². The predicted molar refractivity (Wildman–Crippen MR) is 74.4 cm³/mol. The van der Waals surface area contributed by atoms with Gasteiger partial charge in [-0.05, 0) is 32.0 Å². The molecule has 1 aromatic rings. The summed E-state index contributed by atoms with van der Waals surface area (Å²) in [5.41, 5.74) is 0.497. The molecule has 0 amide bonds. The number of carbonyl (C=O) groups is 1. The van der Waals surface area contributed by atoms with E-state index in [1.165, 1.54) is 12.5 Å². The van der Waals surface area contributed by atoms with Crippen LogP contribution in [0.1, 0.15) is 37.3 Å². The SMILES string of the molecule is C=CCC(=O)C(c1ccccc1F)N1CCCCC1. The van der Waals surface area contributed by atoms with Gasteiger partial charge >= 0.3 is 0 Å². The van der Waals surface area contributed by atoms with Crippen molar-refractivity contribution in [1.29, 1.82) is 0 Å². The lowest BCUT2D eigenvalue weighted by Gasteiger charge is -2.34. The minimum absolute atomic E-state index is 0.0296. The third kappa shape index (κ3) is 3.29. The first-order chi connectivity index (χ1) is 9.24. The van der Waals surface area contributed by atoms with Crippen molar-refractivity contribution in [1.82, 2.24) is 4.90 Å². The Hall–Kier alpha value is -1.48. The van der Waals surface area contributed by atoms with Crippen molar-refractivity contribution in [3.05, 3.63) is 48.3 Å². The standard InChI is InChI=1S/C16H20FNO/c1-2-8-15(19)16(18-11-6-3-7-12-18)13-9-4-5-10-14(13)17/h2,4-5,9-10,16H,1,3,6-8,11-12H2. The molecule has 102 valence electrons. The smallest absolute Gasteiger partial charge is 0.158 e. The Kier molecular flexibility index (Phi) is 4.86. The monoisotopic (exact) mass is 261 g/mol. The average molecular weight is 261 g/mol. The zero-order valence-corrected chi connectivity index (χ0v) is 11.1. The van der Waals surface area contributed by atoms with Crippen molar-refractivity contribution >= 4 is 5.78 Å². The van der Waals surface area contributed by atoms with E-state index in [9.17, 15) is 9.18 Å². The first-order valence-corrected chi connectivity index (χ1v) is 6.86. The number of carbonyl (C=O) groups excluding carboxylic acids is 1. The summed E-state index contributed by atoms with van der Waals surface area (Å²) in [4.78, 5) is 14.4. The second-order valence-corrected chi connectivity index (χ2v) is 4.98. The van der Waals surface area contributed by atoms with E-state index >= 15 is 0 Å². The quantitative estimate of drug-likeness (QED) is 0.756. The second-order valence-electron chi connectivity index (χ2n) is 4.98. The van der Waals surface area contributed by atoms with E-state index < -0.39 is 6.04 Å². The van der Waals surface area contributed by atoms with Crippen LogP contribution in [0.3, 0.4) is 0 Å². The van der Waals surface area contributed by atoms with Crippen molar-refractivity contribution < 1.29 is 9.18 Å². The number of Topliss-reactive ketones (excluding diaryl/α,β-unsaturated/α-hetero) is 1. The summed E-state index contributed by atoms with van der Waals surface area (Å²) >= 11 is 0. The van der Waals surface area contributed by atoms with Crippen LogP contribution in [-0.4, -0.2) is 23.8 Å². The van der Waals surface area contributed by atoms with E-state index in [0.29, 0.717) is 5.56 Å². The molecule has 3 heteroatoms. The molecule has 0 aliphatic carbocycles. The summed E-state index contributed by atoms with van der Waals surface area (Å²) in [5, 5.41) is 0. The molecule has 2 nitrogen and oxygen atoms in total. The molecule has 19 heavy (non-hydrogen) atoms. The van der Waals surface area contributed by atoms with Crippen LogP contribution < -0.4 is 0 Å². The molecule has 1 aromatic carbocycles. The van der Waals surface area contributed by atoms with Crippen LogP contribution in [0.15, 0.2) is 36.9 Å². The Morgan fingerprint density at radius 2 is 2.00 bits per heavy atom. The molecule has 2 rings (SSSR count). The number of rotatable bonds is 5. The van der Waals surface area contributed by atoms with Crippen LogP contribution in [0.25, 0.3) is 0 Å². The lowest BCUT2D eigenvalue weighted by Crippen LogP contribution is -2.38. The number of hydrogen-bond acceptors (Lipinski definition) is 2. The third-order valence-electron chi connectivity index (χ3n) is 3.61. The van der Waals surface area contributed by atoms with E-state index in [1.807, 2.05) is 0 Å². The Bertz CT molecular complexity index is 452. The minimum Gasteiger partial charge on any atom is -0.297 e. The molecular formula is C16H20FNO. The van der Waals surface area contributed by atoms with Crippen molar-refractivity contribution in [2.45, 2.75) is 31.7 Å². The number of allylic oxidation sites excluding steroid dienone is 1. The van der Waals surface area contributed by atoms with Gasteiger partial charge in [-0.1, -0.05) is 30.7 Å². The number of ketones is 1. The van der Waals surface area contributed by atoms with E-state index in [0.717, 1.165) is 25.9 Å². The molecule has 1 atom stereocenters. The van der Waals surface area contributed by atoms with E-state index in [1.54, 1.807) is 24.3 Å². The average Bonchev–Trinajstić information content (AvgIpc) is 2.43. The van der Waals surface area contributed by atoms with Crippen molar-refractivity contribution in [3.8, 4) is 0 Å². The van der Waals surface area contributed by atoms with Gasteiger partial charge in [0.2, 0.25) is 0 Å². The summed E-state index contributed by atoms with van der Waals surface area (Å²) in [6.45, 7) is 5.34. The molecule has 0 bridgehead atoms. The molecule has 0 spiro atoms. The highest BCUT2D eigenvalue weighted by atomic mass is 19.1. The fourth-order valence-corrected chi connectivity index (χ4v) is 2.70. The molecule has 1 saturated heterocycles. The summed E-state index contributed by atoms with van der Waals surface area (Å²) in [6.07, 6.45) is 5.23. The molecule has 1 aliphatic rings. The number of nitrogens with zero attached hydrogens (tertiary/aromatic N) is 1.